The van der Waals surface area contributed by atoms with Gasteiger partial charge in [-0.05, 0) is 43.3 Å². The lowest BCUT2D eigenvalue weighted by Crippen LogP contribution is -2.31. The highest BCUT2D eigenvalue weighted by molar-refractivity contribution is 7.92. The summed E-state index contributed by atoms with van der Waals surface area (Å²) < 4.78 is 37.8. The summed E-state index contributed by atoms with van der Waals surface area (Å²) in [6.07, 6.45) is 1.55. The first-order valence-corrected chi connectivity index (χ1v) is 8.97. The molecule has 5 nitrogen and oxygen atoms in total. The van der Waals surface area contributed by atoms with Crippen LogP contribution in [-0.2, 0) is 10.0 Å². The lowest BCUT2D eigenvalue weighted by molar-refractivity contribution is 0.340. The van der Waals surface area contributed by atoms with Gasteiger partial charge in [0.15, 0.2) is 0 Å². The van der Waals surface area contributed by atoms with E-state index in [0.717, 1.165) is 0 Å². The summed E-state index contributed by atoms with van der Waals surface area (Å²) in [4.78, 5) is 0.190. The predicted molar refractivity (Wildman–Crippen MR) is 95.3 cm³/mol. The molecule has 0 spiro atoms. The Kier molecular flexibility index (Phi) is 5.87. The molecule has 0 aromatic heterocycles. The van der Waals surface area contributed by atoms with Crippen molar-refractivity contribution in [2.45, 2.75) is 11.8 Å². The van der Waals surface area contributed by atoms with Crippen LogP contribution in [0.3, 0.4) is 0 Å². The summed E-state index contributed by atoms with van der Waals surface area (Å²) in [5.41, 5.74) is 0.517. The monoisotopic (exact) mass is 347 g/mol. The smallest absolute Gasteiger partial charge is 0.264 e. The van der Waals surface area contributed by atoms with E-state index in [1.165, 1.54) is 23.5 Å². The number of methoxy groups -OCH3 is 1. The van der Waals surface area contributed by atoms with Gasteiger partial charge in [-0.1, -0.05) is 12.1 Å². The van der Waals surface area contributed by atoms with Crippen molar-refractivity contribution in [2.75, 3.05) is 24.6 Å². The van der Waals surface area contributed by atoms with Gasteiger partial charge >= 0.3 is 0 Å². The fourth-order valence-electron chi connectivity index (χ4n) is 2.23. The number of hydrogen-bond donors (Lipinski definition) is 0. The van der Waals surface area contributed by atoms with Gasteiger partial charge in [-0.15, -0.1) is 6.58 Å². The van der Waals surface area contributed by atoms with Crippen LogP contribution in [0.2, 0.25) is 0 Å². The minimum atomic E-state index is -3.72. The Bertz CT molecular complexity index is 785. The van der Waals surface area contributed by atoms with Crippen LogP contribution in [0.25, 0.3) is 0 Å². The molecule has 0 aliphatic carbocycles. The van der Waals surface area contributed by atoms with Gasteiger partial charge in [-0.3, -0.25) is 4.31 Å². The zero-order valence-corrected chi connectivity index (χ0v) is 14.6. The number of anilines is 1. The molecule has 0 unspecified atom stereocenters. The summed E-state index contributed by atoms with van der Waals surface area (Å²) in [5.74, 6) is 1.22. The molecule has 6 heteroatoms. The molecule has 24 heavy (non-hydrogen) atoms. The molecular weight excluding hydrogens is 326 g/mol. The molecule has 2 rings (SSSR count). The quantitative estimate of drug-likeness (QED) is 0.686. The highest BCUT2D eigenvalue weighted by atomic mass is 32.2. The first-order valence-electron chi connectivity index (χ1n) is 7.53. The summed E-state index contributed by atoms with van der Waals surface area (Å²) in [6, 6.07) is 13.3. The van der Waals surface area contributed by atoms with Gasteiger partial charge in [0.1, 0.15) is 11.5 Å². The summed E-state index contributed by atoms with van der Waals surface area (Å²) in [6.45, 7) is 6.21. The number of hydrogen-bond acceptors (Lipinski definition) is 4. The van der Waals surface area contributed by atoms with Gasteiger partial charge in [-0.2, -0.15) is 0 Å². The van der Waals surface area contributed by atoms with Gasteiger partial charge in [0, 0.05) is 6.07 Å². The van der Waals surface area contributed by atoms with E-state index in [1.807, 2.05) is 6.92 Å². The Labute approximate surface area is 143 Å². The fraction of sp³-hybridized carbons (Fsp3) is 0.222. The molecule has 0 saturated heterocycles. The minimum Gasteiger partial charge on any atom is -0.497 e. The van der Waals surface area contributed by atoms with Gasteiger partial charge < -0.3 is 9.47 Å². The molecule has 0 atom stereocenters. The van der Waals surface area contributed by atoms with E-state index in [4.69, 9.17) is 9.47 Å². The van der Waals surface area contributed by atoms with Crippen LogP contribution >= 0.6 is 0 Å². The van der Waals surface area contributed by atoms with Crippen molar-refractivity contribution in [3.63, 3.8) is 0 Å². The first kappa shape index (κ1) is 17.9. The van der Waals surface area contributed by atoms with E-state index in [0.29, 0.717) is 23.8 Å². The van der Waals surface area contributed by atoms with Crippen molar-refractivity contribution < 1.29 is 17.9 Å². The van der Waals surface area contributed by atoms with Crippen molar-refractivity contribution in [3.8, 4) is 11.5 Å². The summed E-state index contributed by atoms with van der Waals surface area (Å²) in [5, 5.41) is 0. The standard InChI is InChI=1S/C18H21NO4S/c1-4-13-19(15-7-6-8-17(14-15)22-3)24(20,21)18-11-9-16(10-12-18)23-5-2/h4,6-12,14H,1,5,13H2,2-3H3. The Hall–Kier alpha value is -2.47. The molecule has 2 aromatic rings. The Morgan fingerprint density at radius 2 is 1.83 bits per heavy atom. The lowest BCUT2D eigenvalue weighted by Gasteiger charge is -2.23. The molecule has 0 aliphatic heterocycles. The number of sulfonamides is 1. The zero-order chi connectivity index (χ0) is 17.6. The molecule has 0 fully saturated rings. The molecule has 0 bridgehead atoms. The SMILES string of the molecule is C=CCN(c1cccc(OC)c1)S(=O)(=O)c1ccc(OCC)cc1. The lowest BCUT2D eigenvalue weighted by atomic mass is 10.3. The van der Waals surface area contributed by atoms with Crippen LogP contribution < -0.4 is 13.8 Å². The van der Waals surface area contributed by atoms with E-state index in [9.17, 15) is 8.42 Å². The number of benzene rings is 2. The van der Waals surface area contributed by atoms with Crippen LogP contribution in [0.15, 0.2) is 66.1 Å². The van der Waals surface area contributed by atoms with Gasteiger partial charge in [-0.25, -0.2) is 8.42 Å². The van der Waals surface area contributed by atoms with E-state index >= 15 is 0 Å². The molecule has 0 aliphatic rings. The minimum absolute atomic E-state index is 0.155. The van der Waals surface area contributed by atoms with Gasteiger partial charge in [0.25, 0.3) is 10.0 Å². The zero-order valence-electron chi connectivity index (χ0n) is 13.8. The maximum absolute atomic E-state index is 13.0. The topological polar surface area (TPSA) is 55.8 Å². The maximum Gasteiger partial charge on any atom is 0.264 e. The van der Waals surface area contributed by atoms with E-state index in [2.05, 4.69) is 6.58 Å². The molecule has 128 valence electrons. The maximum atomic E-state index is 13.0. The molecule has 0 saturated carbocycles. The van der Waals surface area contributed by atoms with Crippen LogP contribution in [0.5, 0.6) is 11.5 Å². The second kappa shape index (κ2) is 7.88. The average molecular weight is 347 g/mol. The van der Waals surface area contributed by atoms with Crippen molar-refractivity contribution in [3.05, 3.63) is 61.2 Å². The van der Waals surface area contributed by atoms with Gasteiger partial charge in [0.05, 0.1) is 30.8 Å². The van der Waals surface area contributed by atoms with Crippen LogP contribution in [0, 0.1) is 0 Å². The molecule has 0 N–H and O–H groups in total. The van der Waals surface area contributed by atoms with E-state index < -0.39 is 10.0 Å². The second-order valence-corrected chi connectivity index (χ2v) is 6.79. The first-order chi connectivity index (χ1) is 11.5. The Balaban J connectivity index is 2.42. The van der Waals surface area contributed by atoms with Crippen LogP contribution in [-0.4, -0.2) is 28.7 Å². The summed E-state index contributed by atoms with van der Waals surface area (Å²) in [7, 11) is -2.18. The van der Waals surface area contributed by atoms with E-state index in [-0.39, 0.29) is 11.4 Å². The van der Waals surface area contributed by atoms with Crippen molar-refractivity contribution >= 4 is 15.7 Å². The van der Waals surface area contributed by atoms with Crippen LogP contribution in [0.1, 0.15) is 6.92 Å². The third-order valence-electron chi connectivity index (χ3n) is 3.36. The third kappa shape index (κ3) is 3.89. The Morgan fingerprint density at radius 3 is 2.42 bits per heavy atom. The third-order valence-corrected chi connectivity index (χ3v) is 5.17. The van der Waals surface area contributed by atoms with Crippen molar-refractivity contribution in [2.24, 2.45) is 0 Å². The molecule has 2 aromatic carbocycles. The normalized spacial score (nSPS) is 10.9. The van der Waals surface area contributed by atoms with Crippen molar-refractivity contribution in [1.82, 2.24) is 0 Å². The highest BCUT2D eigenvalue weighted by Gasteiger charge is 2.24. The largest absolute Gasteiger partial charge is 0.497 e. The molecular formula is C18H21NO4S. The number of ether oxygens (including phenoxy) is 2. The predicted octanol–water partition coefficient (Wildman–Crippen LogP) is 3.48. The fourth-order valence-corrected chi connectivity index (χ4v) is 3.65. The highest BCUT2D eigenvalue weighted by Crippen LogP contribution is 2.27. The summed E-state index contributed by atoms with van der Waals surface area (Å²) >= 11 is 0. The molecule has 0 radical (unpaired) electrons. The second-order valence-electron chi connectivity index (χ2n) is 4.93. The number of nitrogens with zero attached hydrogens (tertiary/aromatic N) is 1. The van der Waals surface area contributed by atoms with E-state index in [1.54, 1.807) is 42.5 Å². The van der Waals surface area contributed by atoms with Gasteiger partial charge in [0.2, 0.25) is 0 Å². The Morgan fingerprint density at radius 1 is 1.12 bits per heavy atom. The number of rotatable bonds is 8. The molecule has 0 heterocycles. The van der Waals surface area contributed by atoms with Crippen molar-refractivity contribution in [1.29, 1.82) is 0 Å². The average Bonchev–Trinajstić information content (AvgIpc) is 2.60. The van der Waals surface area contributed by atoms with Crippen LogP contribution in [0.4, 0.5) is 5.69 Å². The molecule has 0 amide bonds.